The normalized spacial score (nSPS) is 11.5. The molecule has 1 aromatic heterocycles. The SMILES string of the molecule is Cn1c(=O)c(=O)[nH]c2ccc(/C(C=N)=C/NCc3ccccc3)cc21. The number of allylic oxidation sites excluding steroid dienone is 1. The van der Waals surface area contributed by atoms with Gasteiger partial charge in [-0.3, -0.25) is 9.59 Å². The zero-order valence-corrected chi connectivity index (χ0v) is 13.7. The molecule has 0 spiro atoms. The fourth-order valence-electron chi connectivity index (χ4n) is 2.61. The third-order valence-electron chi connectivity index (χ3n) is 4.00. The molecule has 0 fully saturated rings. The molecule has 0 aliphatic carbocycles. The predicted molar refractivity (Wildman–Crippen MR) is 99.9 cm³/mol. The fourth-order valence-corrected chi connectivity index (χ4v) is 2.61. The second kappa shape index (κ2) is 7.00. The standard InChI is InChI=1S/C19H18N4O2/c1-23-17-9-14(7-8-16(17)22-18(24)19(23)25)15(10-20)12-21-11-13-5-3-2-4-6-13/h2-10,12,20-21H,11H2,1H3,(H,22,24)/b15-12+,20-10?. The van der Waals surface area contributed by atoms with E-state index in [-0.39, 0.29) is 0 Å². The first-order valence-electron chi connectivity index (χ1n) is 7.81. The van der Waals surface area contributed by atoms with E-state index < -0.39 is 11.1 Å². The van der Waals surface area contributed by atoms with E-state index in [1.165, 1.54) is 10.8 Å². The zero-order valence-electron chi connectivity index (χ0n) is 13.7. The van der Waals surface area contributed by atoms with Gasteiger partial charge >= 0.3 is 11.1 Å². The first-order valence-corrected chi connectivity index (χ1v) is 7.81. The van der Waals surface area contributed by atoms with Gasteiger partial charge in [-0.05, 0) is 23.3 Å². The number of fused-ring (bicyclic) bond motifs is 1. The molecule has 6 nitrogen and oxygen atoms in total. The lowest BCUT2D eigenvalue weighted by Crippen LogP contribution is -2.34. The molecule has 0 amide bonds. The zero-order chi connectivity index (χ0) is 17.8. The summed E-state index contributed by atoms with van der Waals surface area (Å²) in [5.41, 5.74) is 2.54. The van der Waals surface area contributed by atoms with Crippen molar-refractivity contribution < 1.29 is 0 Å². The number of benzene rings is 2. The molecule has 1 heterocycles. The number of aromatic amines is 1. The van der Waals surface area contributed by atoms with Crippen LogP contribution in [0.4, 0.5) is 0 Å². The highest BCUT2D eigenvalue weighted by Gasteiger charge is 2.06. The van der Waals surface area contributed by atoms with Crippen LogP contribution in [0.2, 0.25) is 0 Å². The molecule has 0 aliphatic heterocycles. The quantitative estimate of drug-likeness (QED) is 0.492. The van der Waals surface area contributed by atoms with Crippen LogP contribution in [-0.2, 0) is 13.6 Å². The molecule has 3 N–H and O–H groups in total. The Hall–Kier alpha value is -3.41. The van der Waals surface area contributed by atoms with E-state index in [9.17, 15) is 9.59 Å². The maximum Gasteiger partial charge on any atom is 0.316 e. The molecule has 0 radical (unpaired) electrons. The number of nitrogens with zero attached hydrogens (tertiary/aromatic N) is 1. The predicted octanol–water partition coefficient (Wildman–Crippen LogP) is 2.01. The van der Waals surface area contributed by atoms with Crippen LogP contribution >= 0.6 is 0 Å². The van der Waals surface area contributed by atoms with Crippen molar-refractivity contribution in [2.75, 3.05) is 0 Å². The molecule has 2 aromatic carbocycles. The van der Waals surface area contributed by atoms with Gasteiger partial charge in [-0.15, -0.1) is 0 Å². The Kier molecular flexibility index (Phi) is 4.61. The van der Waals surface area contributed by atoms with Gasteiger partial charge < -0.3 is 20.3 Å². The third kappa shape index (κ3) is 3.42. The van der Waals surface area contributed by atoms with Gasteiger partial charge in [-0.2, -0.15) is 0 Å². The van der Waals surface area contributed by atoms with Crippen molar-refractivity contribution >= 4 is 22.8 Å². The van der Waals surface area contributed by atoms with Gasteiger partial charge in [0.1, 0.15) is 0 Å². The molecular formula is C19H18N4O2. The Morgan fingerprint density at radius 3 is 2.68 bits per heavy atom. The maximum absolute atomic E-state index is 11.8. The van der Waals surface area contributed by atoms with Gasteiger partial charge in [0.05, 0.1) is 11.0 Å². The van der Waals surface area contributed by atoms with Crippen molar-refractivity contribution in [3.63, 3.8) is 0 Å². The monoisotopic (exact) mass is 334 g/mol. The highest BCUT2D eigenvalue weighted by atomic mass is 16.2. The summed E-state index contributed by atoms with van der Waals surface area (Å²) in [5.74, 6) is 0. The lowest BCUT2D eigenvalue weighted by atomic mass is 10.1. The number of H-pyrrole nitrogens is 1. The molecule has 0 atom stereocenters. The third-order valence-corrected chi connectivity index (χ3v) is 4.00. The number of rotatable bonds is 5. The first kappa shape index (κ1) is 16.4. The summed E-state index contributed by atoms with van der Waals surface area (Å²) in [4.78, 5) is 25.9. The summed E-state index contributed by atoms with van der Waals surface area (Å²) in [5, 5.41) is 10.9. The molecule has 0 saturated carbocycles. The summed E-state index contributed by atoms with van der Waals surface area (Å²) >= 11 is 0. The topological polar surface area (TPSA) is 90.7 Å². The Balaban J connectivity index is 1.93. The summed E-state index contributed by atoms with van der Waals surface area (Å²) < 4.78 is 1.32. The van der Waals surface area contributed by atoms with Crippen molar-refractivity contribution in [2.45, 2.75) is 6.54 Å². The molecule has 3 rings (SSSR count). The van der Waals surface area contributed by atoms with Crippen LogP contribution in [0.15, 0.2) is 64.3 Å². The molecule has 0 saturated heterocycles. The van der Waals surface area contributed by atoms with Gasteiger partial charge in [0.2, 0.25) is 0 Å². The van der Waals surface area contributed by atoms with Crippen LogP contribution in [0.5, 0.6) is 0 Å². The van der Waals surface area contributed by atoms with Crippen LogP contribution in [0, 0.1) is 5.41 Å². The maximum atomic E-state index is 11.8. The van der Waals surface area contributed by atoms with Crippen molar-refractivity contribution in [3.05, 3.63) is 86.6 Å². The van der Waals surface area contributed by atoms with Crippen LogP contribution in [0.3, 0.4) is 0 Å². The van der Waals surface area contributed by atoms with E-state index in [1.807, 2.05) is 36.4 Å². The highest BCUT2D eigenvalue weighted by molar-refractivity contribution is 6.09. The van der Waals surface area contributed by atoms with E-state index >= 15 is 0 Å². The number of aromatic nitrogens is 2. The largest absolute Gasteiger partial charge is 0.386 e. The van der Waals surface area contributed by atoms with E-state index in [1.54, 1.807) is 25.4 Å². The molecule has 0 aliphatic rings. The fraction of sp³-hybridized carbons (Fsp3) is 0.105. The van der Waals surface area contributed by atoms with Gasteiger partial charge in [0, 0.05) is 31.6 Å². The number of aryl methyl sites for hydroxylation is 1. The number of hydrogen-bond acceptors (Lipinski definition) is 4. The van der Waals surface area contributed by atoms with E-state index in [4.69, 9.17) is 5.41 Å². The molecule has 0 bridgehead atoms. The summed E-state index contributed by atoms with van der Waals surface area (Å²) in [7, 11) is 1.56. The molecule has 126 valence electrons. The van der Waals surface area contributed by atoms with Crippen LogP contribution in [0.25, 0.3) is 16.6 Å². The lowest BCUT2D eigenvalue weighted by molar-refractivity contribution is 0.871. The Bertz CT molecular complexity index is 1060. The molecule has 0 unspecified atom stereocenters. The Labute approximate surface area is 144 Å². The average Bonchev–Trinajstić information content (AvgIpc) is 2.64. The van der Waals surface area contributed by atoms with Gasteiger partial charge in [0.25, 0.3) is 0 Å². The van der Waals surface area contributed by atoms with Crippen molar-refractivity contribution in [2.24, 2.45) is 7.05 Å². The molecule has 3 aromatic rings. The van der Waals surface area contributed by atoms with Gasteiger partial charge in [0.15, 0.2) is 0 Å². The number of hydrogen-bond donors (Lipinski definition) is 3. The molecule has 25 heavy (non-hydrogen) atoms. The van der Waals surface area contributed by atoms with Gasteiger partial charge in [-0.1, -0.05) is 36.4 Å². The summed E-state index contributed by atoms with van der Waals surface area (Å²) in [6.45, 7) is 0.650. The van der Waals surface area contributed by atoms with Crippen molar-refractivity contribution in [1.82, 2.24) is 14.9 Å². The summed E-state index contributed by atoms with van der Waals surface area (Å²) in [6.07, 6.45) is 3.02. The second-order valence-corrected chi connectivity index (χ2v) is 5.66. The first-order chi connectivity index (χ1) is 12.1. The highest BCUT2D eigenvalue weighted by Crippen LogP contribution is 2.17. The minimum absolute atomic E-state index is 0.581. The minimum atomic E-state index is -0.643. The van der Waals surface area contributed by atoms with Crippen LogP contribution in [0.1, 0.15) is 11.1 Å². The Morgan fingerprint density at radius 1 is 1.20 bits per heavy atom. The van der Waals surface area contributed by atoms with Crippen LogP contribution < -0.4 is 16.4 Å². The average molecular weight is 334 g/mol. The van der Waals surface area contributed by atoms with E-state index in [0.717, 1.165) is 11.1 Å². The molecular weight excluding hydrogens is 316 g/mol. The molecule has 6 heteroatoms. The van der Waals surface area contributed by atoms with E-state index in [2.05, 4.69) is 10.3 Å². The second-order valence-electron chi connectivity index (χ2n) is 5.66. The smallest absolute Gasteiger partial charge is 0.316 e. The Morgan fingerprint density at radius 2 is 1.96 bits per heavy atom. The lowest BCUT2D eigenvalue weighted by Gasteiger charge is -2.08. The minimum Gasteiger partial charge on any atom is -0.386 e. The summed E-state index contributed by atoms with van der Waals surface area (Å²) in [6, 6.07) is 15.3. The number of nitrogens with one attached hydrogen (secondary N) is 3. The van der Waals surface area contributed by atoms with E-state index in [0.29, 0.717) is 23.2 Å². The van der Waals surface area contributed by atoms with Crippen molar-refractivity contribution in [1.29, 1.82) is 5.41 Å². The van der Waals surface area contributed by atoms with Gasteiger partial charge in [-0.25, -0.2) is 0 Å². The van der Waals surface area contributed by atoms with Crippen LogP contribution in [-0.4, -0.2) is 15.8 Å². The van der Waals surface area contributed by atoms with Crippen molar-refractivity contribution in [3.8, 4) is 0 Å².